The number of nitrogens with one attached hydrogen (secondary N) is 1. The first-order valence-electron chi connectivity index (χ1n) is 10.9. The van der Waals surface area contributed by atoms with Gasteiger partial charge in [0.15, 0.2) is 5.78 Å². The average Bonchev–Trinajstić information content (AvgIpc) is 2.76. The highest BCUT2D eigenvalue weighted by atomic mass is 16.6. The van der Waals surface area contributed by atoms with Crippen LogP contribution in [-0.4, -0.2) is 22.2 Å². The number of ketones is 1. The van der Waals surface area contributed by atoms with Crippen molar-refractivity contribution in [2.75, 3.05) is 0 Å². The molecule has 0 amide bonds. The maximum absolute atomic E-state index is 13.3. The molecule has 34 heavy (non-hydrogen) atoms. The SMILES string of the molecule is CC1=C(C(=O)OCc2ccccc2)C(c2ccccc2[N+](=O)[O-])C2=C(CC(C)(C)CC2=O)N1.O. The summed E-state index contributed by atoms with van der Waals surface area (Å²) in [5.41, 5.74) is 2.67. The van der Waals surface area contributed by atoms with Crippen molar-refractivity contribution in [2.24, 2.45) is 5.41 Å². The Labute approximate surface area is 197 Å². The van der Waals surface area contributed by atoms with Gasteiger partial charge in [0.2, 0.25) is 0 Å². The summed E-state index contributed by atoms with van der Waals surface area (Å²) in [6.07, 6.45) is 0.908. The van der Waals surface area contributed by atoms with Crippen molar-refractivity contribution in [1.29, 1.82) is 0 Å². The standard InChI is InChI=1S/C26H26N2O5.H2O/c1-16-22(25(30)33-15-17-9-5-4-6-10-17)23(18-11-7-8-12-20(18)28(31)32)24-19(27-16)13-26(2,3)14-21(24)29;/h4-12,23,27H,13-15H2,1-3H3;1H2. The minimum absolute atomic E-state index is 0. The number of dihydropyridines is 1. The van der Waals surface area contributed by atoms with Crippen molar-refractivity contribution < 1.29 is 24.7 Å². The Kier molecular flexibility index (Phi) is 7.02. The number of nitrogens with zero attached hydrogens (tertiary/aromatic N) is 1. The molecule has 3 N–H and O–H groups in total. The lowest BCUT2D eigenvalue weighted by atomic mass is 9.68. The van der Waals surface area contributed by atoms with Crippen LogP contribution in [0, 0.1) is 15.5 Å². The first kappa shape index (κ1) is 24.9. The number of hydrogen-bond acceptors (Lipinski definition) is 6. The normalized spacial score (nSPS) is 19.0. The second-order valence-electron chi connectivity index (χ2n) is 9.31. The summed E-state index contributed by atoms with van der Waals surface area (Å²) in [7, 11) is 0. The molecule has 4 rings (SSSR count). The van der Waals surface area contributed by atoms with Gasteiger partial charge < -0.3 is 15.5 Å². The van der Waals surface area contributed by atoms with Gasteiger partial charge in [0.25, 0.3) is 5.69 Å². The predicted octanol–water partition coefficient (Wildman–Crippen LogP) is 4.12. The molecule has 1 aliphatic carbocycles. The Balaban J connectivity index is 0.00000324. The summed E-state index contributed by atoms with van der Waals surface area (Å²) in [4.78, 5) is 38.0. The van der Waals surface area contributed by atoms with Gasteiger partial charge in [0.1, 0.15) is 6.61 Å². The number of benzene rings is 2. The van der Waals surface area contributed by atoms with E-state index in [2.05, 4.69) is 5.32 Å². The van der Waals surface area contributed by atoms with E-state index in [-0.39, 0.29) is 34.5 Å². The van der Waals surface area contributed by atoms with Gasteiger partial charge in [-0.2, -0.15) is 0 Å². The molecule has 0 bridgehead atoms. The summed E-state index contributed by atoms with van der Waals surface area (Å²) in [6.45, 7) is 5.84. The fourth-order valence-electron chi connectivity index (χ4n) is 4.72. The van der Waals surface area contributed by atoms with Crippen molar-refractivity contribution in [2.45, 2.75) is 46.1 Å². The van der Waals surface area contributed by atoms with Crippen LogP contribution < -0.4 is 5.32 Å². The molecule has 0 radical (unpaired) electrons. The van der Waals surface area contributed by atoms with Crippen LogP contribution in [0.25, 0.3) is 0 Å². The highest BCUT2D eigenvalue weighted by Gasteiger charge is 2.44. The fraction of sp³-hybridized carbons (Fsp3) is 0.308. The molecule has 0 saturated carbocycles. The molecule has 2 aliphatic rings. The molecule has 2 aromatic carbocycles. The third-order valence-corrected chi connectivity index (χ3v) is 6.12. The van der Waals surface area contributed by atoms with E-state index in [1.54, 1.807) is 25.1 Å². The number of nitro benzene ring substituents is 1. The van der Waals surface area contributed by atoms with Crippen molar-refractivity contribution in [1.82, 2.24) is 5.32 Å². The molecular weight excluding hydrogens is 436 g/mol. The third kappa shape index (κ3) is 4.77. The van der Waals surface area contributed by atoms with Crippen molar-refractivity contribution in [3.05, 3.63) is 98.4 Å². The molecular formula is C26H28N2O6. The van der Waals surface area contributed by atoms with Crippen LogP contribution in [0.2, 0.25) is 0 Å². The first-order chi connectivity index (χ1) is 15.7. The van der Waals surface area contributed by atoms with Crippen molar-refractivity contribution >= 4 is 17.4 Å². The number of ether oxygens (including phenoxy) is 1. The van der Waals surface area contributed by atoms with Gasteiger partial charge in [-0.15, -0.1) is 0 Å². The smallest absolute Gasteiger partial charge is 0.337 e. The Bertz CT molecular complexity index is 1200. The van der Waals surface area contributed by atoms with Gasteiger partial charge in [0.05, 0.1) is 16.4 Å². The fourth-order valence-corrected chi connectivity index (χ4v) is 4.72. The first-order valence-corrected chi connectivity index (χ1v) is 10.9. The number of carbonyl (C=O) groups is 2. The van der Waals surface area contributed by atoms with Crippen molar-refractivity contribution in [3.8, 4) is 0 Å². The number of carbonyl (C=O) groups excluding carboxylic acids is 2. The van der Waals surface area contributed by atoms with Gasteiger partial charge in [-0.05, 0) is 24.3 Å². The van der Waals surface area contributed by atoms with E-state index in [9.17, 15) is 19.7 Å². The number of rotatable bonds is 5. The Hall–Kier alpha value is -3.78. The lowest BCUT2D eigenvalue weighted by Gasteiger charge is -2.39. The molecule has 0 aromatic heterocycles. The number of allylic oxidation sites excluding steroid dienone is 3. The van der Waals surface area contributed by atoms with Crippen LogP contribution >= 0.6 is 0 Å². The monoisotopic (exact) mass is 464 g/mol. The van der Waals surface area contributed by atoms with Crippen LogP contribution in [0.3, 0.4) is 0 Å². The minimum atomic E-state index is -0.866. The predicted molar refractivity (Wildman–Crippen MR) is 127 cm³/mol. The molecule has 1 unspecified atom stereocenters. The molecule has 0 fully saturated rings. The zero-order chi connectivity index (χ0) is 23.8. The van der Waals surface area contributed by atoms with E-state index in [0.29, 0.717) is 29.7 Å². The molecule has 0 saturated heterocycles. The molecule has 1 atom stereocenters. The van der Waals surface area contributed by atoms with Crippen LogP contribution in [0.1, 0.15) is 50.7 Å². The summed E-state index contributed by atoms with van der Waals surface area (Å²) < 4.78 is 5.61. The highest BCUT2D eigenvalue weighted by Crippen LogP contribution is 2.48. The second-order valence-corrected chi connectivity index (χ2v) is 9.31. The van der Waals surface area contributed by atoms with E-state index >= 15 is 0 Å². The summed E-state index contributed by atoms with van der Waals surface area (Å²) in [5, 5.41) is 15.1. The number of nitro groups is 1. The molecule has 1 heterocycles. The van der Waals surface area contributed by atoms with Crippen LogP contribution in [0.15, 0.2) is 77.1 Å². The molecule has 178 valence electrons. The van der Waals surface area contributed by atoms with Gasteiger partial charge in [-0.3, -0.25) is 14.9 Å². The molecule has 1 aliphatic heterocycles. The molecule has 2 aromatic rings. The lowest BCUT2D eigenvalue weighted by Crippen LogP contribution is -2.38. The maximum atomic E-state index is 13.3. The minimum Gasteiger partial charge on any atom is -0.457 e. The van der Waals surface area contributed by atoms with E-state index in [1.807, 2.05) is 44.2 Å². The average molecular weight is 465 g/mol. The molecule has 8 nitrogen and oxygen atoms in total. The summed E-state index contributed by atoms with van der Waals surface area (Å²) in [5.74, 6) is -1.58. The van der Waals surface area contributed by atoms with E-state index in [1.165, 1.54) is 6.07 Å². The summed E-state index contributed by atoms with van der Waals surface area (Å²) >= 11 is 0. The number of para-hydroxylation sites is 1. The number of Topliss-reactive ketones (excluding diaryl/α,β-unsaturated/α-hetero) is 1. The van der Waals surface area contributed by atoms with E-state index < -0.39 is 16.8 Å². The number of hydrogen-bond donors (Lipinski definition) is 1. The van der Waals surface area contributed by atoms with Crippen LogP contribution in [-0.2, 0) is 20.9 Å². The quantitative estimate of drug-likeness (QED) is 0.402. The van der Waals surface area contributed by atoms with Gasteiger partial charge in [-0.1, -0.05) is 62.4 Å². The highest BCUT2D eigenvalue weighted by molar-refractivity contribution is 6.04. The van der Waals surface area contributed by atoms with Gasteiger partial charge in [-0.25, -0.2) is 4.79 Å². The maximum Gasteiger partial charge on any atom is 0.337 e. The summed E-state index contributed by atoms with van der Waals surface area (Å²) in [6, 6.07) is 15.6. The molecule has 0 spiro atoms. The van der Waals surface area contributed by atoms with Crippen LogP contribution in [0.4, 0.5) is 5.69 Å². The number of esters is 1. The van der Waals surface area contributed by atoms with Crippen molar-refractivity contribution in [3.63, 3.8) is 0 Å². The Morgan fingerprint density at radius 2 is 1.76 bits per heavy atom. The topological polar surface area (TPSA) is 130 Å². The molecule has 8 heteroatoms. The van der Waals surface area contributed by atoms with Gasteiger partial charge >= 0.3 is 5.97 Å². The Morgan fingerprint density at radius 1 is 1.12 bits per heavy atom. The lowest BCUT2D eigenvalue weighted by molar-refractivity contribution is -0.385. The van der Waals surface area contributed by atoms with Crippen LogP contribution in [0.5, 0.6) is 0 Å². The van der Waals surface area contributed by atoms with Gasteiger partial charge in [0, 0.05) is 35.0 Å². The third-order valence-electron chi connectivity index (χ3n) is 6.12. The zero-order valence-corrected chi connectivity index (χ0v) is 19.4. The van der Waals surface area contributed by atoms with E-state index in [0.717, 1.165) is 11.3 Å². The largest absolute Gasteiger partial charge is 0.457 e. The second kappa shape index (κ2) is 9.61. The Morgan fingerprint density at radius 3 is 2.44 bits per heavy atom. The zero-order valence-electron chi connectivity index (χ0n) is 19.4. The van der Waals surface area contributed by atoms with E-state index in [4.69, 9.17) is 4.74 Å².